The van der Waals surface area contributed by atoms with E-state index in [0.717, 1.165) is 39.0 Å². The number of nitrogens with two attached hydrogens (primary N) is 1. The number of nitrogens with zero attached hydrogens (tertiary/aromatic N) is 2. The van der Waals surface area contributed by atoms with Crippen molar-refractivity contribution in [3.63, 3.8) is 0 Å². The summed E-state index contributed by atoms with van der Waals surface area (Å²) in [5.74, 6) is 0. The second kappa shape index (κ2) is 5.83. The third kappa shape index (κ3) is 2.71. The summed E-state index contributed by atoms with van der Waals surface area (Å²) in [7, 11) is 2.17. The first-order valence-corrected chi connectivity index (χ1v) is 7.41. The first kappa shape index (κ1) is 14.2. The highest BCUT2D eigenvalue weighted by Gasteiger charge is 2.30. The van der Waals surface area contributed by atoms with Crippen LogP contribution in [0.4, 0.5) is 11.4 Å². The maximum Gasteiger partial charge on any atom is 0.0604 e. The lowest BCUT2D eigenvalue weighted by Gasteiger charge is -2.42. The zero-order chi connectivity index (χ0) is 13.9. The zero-order valence-corrected chi connectivity index (χ0v) is 12.5. The van der Waals surface area contributed by atoms with Gasteiger partial charge >= 0.3 is 0 Å². The lowest BCUT2D eigenvalue weighted by Crippen LogP contribution is -2.47. The molecule has 3 heteroatoms. The van der Waals surface area contributed by atoms with E-state index in [9.17, 15) is 0 Å². The van der Waals surface area contributed by atoms with Crippen molar-refractivity contribution in [3.8, 4) is 0 Å². The van der Waals surface area contributed by atoms with Crippen LogP contribution in [0.1, 0.15) is 26.7 Å². The third-order valence-corrected chi connectivity index (χ3v) is 4.80. The average molecular weight is 261 g/mol. The van der Waals surface area contributed by atoms with Gasteiger partial charge in [-0.3, -0.25) is 0 Å². The number of fused-ring (bicyclic) bond motifs is 1. The Bertz CT molecular complexity index is 404. The van der Waals surface area contributed by atoms with Crippen LogP contribution in [0.15, 0.2) is 24.3 Å². The number of anilines is 2. The van der Waals surface area contributed by atoms with Crippen LogP contribution in [0.25, 0.3) is 0 Å². The molecule has 0 saturated carbocycles. The maximum atomic E-state index is 6.06. The van der Waals surface area contributed by atoms with E-state index in [4.69, 9.17) is 5.73 Å². The van der Waals surface area contributed by atoms with E-state index >= 15 is 0 Å². The molecule has 0 aliphatic carbocycles. The number of para-hydroxylation sites is 2. The van der Waals surface area contributed by atoms with Crippen molar-refractivity contribution in [1.29, 1.82) is 0 Å². The molecule has 2 rings (SSSR count). The van der Waals surface area contributed by atoms with Gasteiger partial charge in [0.25, 0.3) is 0 Å². The van der Waals surface area contributed by atoms with E-state index in [1.165, 1.54) is 11.4 Å². The molecule has 1 aliphatic rings. The minimum Gasteiger partial charge on any atom is -0.371 e. The Balaban J connectivity index is 2.25. The second-order valence-electron chi connectivity index (χ2n) is 5.74. The summed E-state index contributed by atoms with van der Waals surface area (Å²) in [5.41, 5.74) is 9.01. The van der Waals surface area contributed by atoms with Crippen molar-refractivity contribution in [1.82, 2.24) is 0 Å². The Hall–Kier alpha value is -1.22. The summed E-state index contributed by atoms with van der Waals surface area (Å²) in [5, 5.41) is 0. The van der Waals surface area contributed by atoms with Crippen molar-refractivity contribution in [2.45, 2.75) is 26.7 Å². The molecule has 1 aromatic rings. The fourth-order valence-corrected chi connectivity index (χ4v) is 2.96. The minimum absolute atomic E-state index is 0.253. The van der Waals surface area contributed by atoms with Gasteiger partial charge in [0.05, 0.1) is 11.4 Å². The monoisotopic (exact) mass is 261 g/mol. The van der Waals surface area contributed by atoms with Gasteiger partial charge in [0.15, 0.2) is 0 Å². The normalized spacial score (nSPS) is 15.6. The predicted octanol–water partition coefficient (Wildman–Crippen LogP) is 2.71. The molecule has 1 aliphatic heterocycles. The highest BCUT2D eigenvalue weighted by atomic mass is 15.3. The second-order valence-corrected chi connectivity index (χ2v) is 5.74. The fraction of sp³-hybridized carbons (Fsp3) is 0.625. The Labute approximate surface area is 117 Å². The molecular weight excluding hydrogens is 234 g/mol. The summed E-state index contributed by atoms with van der Waals surface area (Å²) < 4.78 is 0. The van der Waals surface area contributed by atoms with Gasteiger partial charge < -0.3 is 15.5 Å². The van der Waals surface area contributed by atoms with Gasteiger partial charge in [-0.1, -0.05) is 26.0 Å². The van der Waals surface area contributed by atoms with Crippen molar-refractivity contribution in [2.75, 3.05) is 43.0 Å². The molecule has 0 aromatic heterocycles. The zero-order valence-electron chi connectivity index (χ0n) is 12.5. The predicted molar refractivity (Wildman–Crippen MR) is 84.0 cm³/mol. The maximum absolute atomic E-state index is 6.06. The molecule has 0 radical (unpaired) electrons. The average Bonchev–Trinajstić information content (AvgIpc) is 2.48. The molecule has 0 saturated heterocycles. The van der Waals surface area contributed by atoms with E-state index < -0.39 is 0 Å². The van der Waals surface area contributed by atoms with Crippen LogP contribution < -0.4 is 15.5 Å². The molecule has 106 valence electrons. The van der Waals surface area contributed by atoms with E-state index in [2.05, 4.69) is 55.0 Å². The van der Waals surface area contributed by atoms with E-state index in [0.29, 0.717) is 0 Å². The Morgan fingerprint density at radius 3 is 2.32 bits per heavy atom. The molecule has 0 atom stereocenters. The first-order chi connectivity index (χ1) is 9.15. The van der Waals surface area contributed by atoms with Crippen molar-refractivity contribution in [2.24, 2.45) is 11.1 Å². The van der Waals surface area contributed by atoms with Crippen LogP contribution in [0.5, 0.6) is 0 Å². The molecule has 3 nitrogen and oxygen atoms in total. The molecule has 0 bridgehead atoms. The molecule has 2 N–H and O–H groups in total. The van der Waals surface area contributed by atoms with Gasteiger partial charge in [0.2, 0.25) is 0 Å². The number of benzene rings is 1. The van der Waals surface area contributed by atoms with E-state index in [1.807, 2.05) is 0 Å². The van der Waals surface area contributed by atoms with Crippen LogP contribution >= 0.6 is 0 Å². The van der Waals surface area contributed by atoms with Crippen molar-refractivity contribution in [3.05, 3.63) is 24.3 Å². The van der Waals surface area contributed by atoms with Gasteiger partial charge in [0.1, 0.15) is 0 Å². The molecule has 0 amide bonds. The topological polar surface area (TPSA) is 32.5 Å². The summed E-state index contributed by atoms with van der Waals surface area (Å²) in [6, 6.07) is 8.70. The number of hydrogen-bond donors (Lipinski definition) is 1. The number of rotatable bonds is 5. The standard InChI is InChI=1S/C16H27N3/c1-4-16(5-2,12-17)13-19-11-10-18(3)14-8-6-7-9-15(14)19/h6-9H,4-5,10-13,17H2,1-3H3. The summed E-state index contributed by atoms with van der Waals surface area (Å²) in [6.07, 6.45) is 2.29. The van der Waals surface area contributed by atoms with Crippen molar-refractivity contribution >= 4 is 11.4 Å². The Kier molecular flexibility index (Phi) is 4.35. The van der Waals surface area contributed by atoms with Gasteiger partial charge in [-0.25, -0.2) is 0 Å². The summed E-state index contributed by atoms with van der Waals surface area (Å²) >= 11 is 0. The highest BCUT2D eigenvalue weighted by Crippen LogP contribution is 2.35. The quantitative estimate of drug-likeness (QED) is 0.884. The van der Waals surface area contributed by atoms with Gasteiger partial charge in [-0.2, -0.15) is 0 Å². The van der Waals surface area contributed by atoms with Crippen LogP contribution in [-0.4, -0.2) is 33.2 Å². The van der Waals surface area contributed by atoms with E-state index in [-0.39, 0.29) is 5.41 Å². The van der Waals surface area contributed by atoms with Gasteiger partial charge in [-0.15, -0.1) is 0 Å². The number of likely N-dealkylation sites (N-methyl/N-ethyl adjacent to an activating group) is 1. The Morgan fingerprint density at radius 1 is 1.11 bits per heavy atom. The van der Waals surface area contributed by atoms with Crippen LogP contribution in [0.3, 0.4) is 0 Å². The molecule has 1 heterocycles. The molecule has 0 unspecified atom stereocenters. The fourth-order valence-electron chi connectivity index (χ4n) is 2.96. The van der Waals surface area contributed by atoms with Crippen LogP contribution in [0.2, 0.25) is 0 Å². The van der Waals surface area contributed by atoms with Crippen LogP contribution in [-0.2, 0) is 0 Å². The Morgan fingerprint density at radius 2 is 1.74 bits per heavy atom. The molecule has 0 fully saturated rings. The van der Waals surface area contributed by atoms with Crippen LogP contribution in [0, 0.1) is 5.41 Å². The SMILES string of the molecule is CCC(CC)(CN)CN1CCN(C)c2ccccc21. The third-order valence-electron chi connectivity index (χ3n) is 4.80. The largest absolute Gasteiger partial charge is 0.371 e. The van der Waals surface area contributed by atoms with Gasteiger partial charge in [-0.05, 0) is 36.9 Å². The minimum atomic E-state index is 0.253. The molecule has 0 spiro atoms. The smallest absolute Gasteiger partial charge is 0.0604 e. The number of hydrogen-bond acceptors (Lipinski definition) is 3. The molecule has 1 aromatic carbocycles. The van der Waals surface area contributed by atoms with Gasteiger partial charge in [0, 0.05) is 26.7 Å². The molecule has 19 heavy (non-hydrogen) atoms. The molecular formula is C16H27N3. The lowest BCUT2D eigenvalue weighted by atomic mass is 9.81. The summed E-state index contributed by atoms with van der Waals surface area (Å²) in [4.78, 5) is 4.86. The van der Waals surface area contributed by atoms with Crippen molar-refractivity contribution < 1.29 is 0 Å². The highest BCUT2D eigenvalue weighted by molar-refractivity contribution is 5.73. The summed E-state index contributed by atoms with van der Waals surface area (Å²) in [6.45, 7) is 8.55. The van der Waals surface area contributed by atoms with E-state index in [1.54, 1.807) is 0 Å². The first-order valence-electron chi connectivity index (χ1n) is 7.41. The lowest BCUT2D eigenvalue weighted by molar-refractivity contribution is 0.276.